The minimum absolute atomic E-state index is 0.154. The lowest BCUT2D eigenvalue weighted by molar-refractivity contribution is 0.577. The zero-order valence-corrected chi connectivity index (χ0v) is 31.0. The lowest BCUT2D eigenvalue weighted by Crippen LogP contribution is -2.26. The van der Waals surface area contributed by atoms with Crippen molar-refractivity contribution in [2.45, 2.75) is 18.8 Å². The van der Waals surface area contributed by atoms with Crippen molar-refractivity contribution in [2.75, 3.05) is 10.2 Å². The Hall–Kier alpha value is -7.10. The Balaban J connectivity index is 1.04. The van der Waals surface area contributed by atoms with Crippen LogP contribution in [0.25, 0.3) is 66.1 Å². The molecule has 3 heteroatoms. The molecule has 0 saturated carbocycles. The van der Waals surface area contributed by atoms with Crippen LogP contribution in [0.2, 0.25) is 0 Å². The third kappa shape index (κ3) is 5.20. The van der Waals surface area contributed by atoms with Gasteiger partial charge in [0.1, 0.15) is 11.2 Å². The van der Waals surface area contributed by atoms with Crippen LogP contribution in [0.4, 0.5) is 22.7 Å². The zero-order chi connectivity index (χ0) is 37.2. The Bertz CT molecular complexity index is 3040. The van der Waals surface area contributed by atoms with Crippen LogP contribution in [0.5, 0.6) is 0 Å². The second-order valence-electron chi connectivity index (χ2n) is 15.2. The monoisotopic (exact) mass is 718 g/mol. The van der Waals surface area contributed by atoms with E-state index in [4.69, 9.17) is 4.42 Å². The minimum atomic E-state index is -0.154. The van der Waals surface area contributed by atoms with Crippen LogP contribution in [-0.4, -0.2) is 0 Å². The van der Waals surface area contributed by atoms with Gasteiger partial charge in [0.05, 0.1) is 5.69 Å². The van der Waals surface area contributed by atoms with Crippen LogP contribution in [-0.2, 0) is 5.41 Å². The lowest BCUT2D eigenvalue weighted by Gasteiger charge is -2.31. The van der Waals surface area contributed by atoms with E-state index >= 15 is 0 Å². The molecular formula is C53H38N2O. The number of fused-ring (bicyclic) bond motifs is 7. The summed E-state index contributed by atoms with van der Waals surface area (Å²) in [5.41, 5.74) is 15.7. The summed E-state index contributed by atoms with van der Waals surface area (Å²) in [5, 5.41) is 8.47. The first-order valence-corrected chi connectivity index (χ1v) is 19.4. The highest BCUT2D eigenvalue weighted by atomic mass is 16.3. The van der Waals surface area contributed by atoms with Crippen molar-refractivity contribution >= 4 is 55.5 Å². The van der Waals surface area contributed by atoms with E-state index in [2.05, 4.69) is 205 Å². The van der Waals surface area contributed by atoms with Gasteiger partial charge in [0, 0.05) is 50.1 Å². The first kappa shape index (κ1) is 32.3. The standard InChI is InChI=1S/C53H38N2O/c1-53-31-10-9-20-51(53)55(42-27-22-37(23-28-42)35-12-3-2-4-13-35)49-30-25-40(34-47(49)53)39-24-29-48(54-41-26-21-36-14-5-6-15-38(36)32-41)46(33-39)45-18-11-17-44-43-16-7-8-19-50(43)56-52(44)45/h2-30,32-34,54H,31H2,1H3. The Morgan fingerprint density at radius 1 is 0.571 bits per heavy atom. The highest BCUT2D eigenvalue weighted by Gasteiger charge is 2.44. The molecule has 2 heterocycles. The average Bonchev–Trinajstić information content (AvgIpc) is 3.77. The summed E-state index contributed by atoms with van der Waals surface area (Å²) in [7, 11) is 0. The Morgan fingerprint density at radius 2 is 1.30 bits per heavy atom. The summed E-state index contributed by atoms with van der Waals surface area (Å²) in [5.74, 6) is 0. The molecule has 1 atom stereocenters. The Kier molecular flexibility index (Phi) is 7.36. The first-order valence-electron chi connectivity index (χ1n) is 19.4. The van der Waals surface area contributed by atoms with Crippen LogP contribution >= 0.6 is 0 Å². The van der Waals surface area contributed by atoms with E-state index in [9.17, 15) is 0 Å². The molecule has 56 heavy (non-hydrogen) atoms. The normalized spacial score (nSPS) is 15.9. The maximum absolute atomic E-state index is 6.62. The van der Waals surface area contributed by atoms with Gasteiger partial charge in [-0.1, -0.05) is 133 Å². The predicted molar refractivity (Wildman–Crippen MR) is 235 cm³/mol. The average molecular weight is 719 g/mol. The van der Waals surface area contributed by atoms with Gasteiger partial charge in [-0.3, -0.25) is 0 Å². The summed E-state index contributed by atoms with van der Waals surface area (Å²) in [6.07, 6.45) is 7.76. The molecule has 0 saturated heterocycles. The number of nitrogens with zero attached hydrogens (tertiary/aromatic N) is 1. The first-order chi connectivity index (χ1) is 27.6. The number of benzene rings is 8. The van der Waals surface area contributed by atoms with Gasteiger partial charge in [-0.25, -0.2) is 0 Å². The molecule has 1 aliphatic carbocycles. The molecule has 3 nitrogen and oxygen atoms in total. The second-order valence-corrected chi connectivity index (χ2v) is 15.2. The maximum atomic E-state index is 6.62. The van der Waals surface area contributed by atoms with Gasteiger partial charge in [0.25, 0.3) is 0 Å². The van der Waals surface area contributed by atoms with E-state index in [1.807, 2.05) is 6.07 Å². The van der Waals surface area contributed by atoms with Gasteiger partial charge >= 0.3 is 0 Å². The molecule has 11 rings (SSSR count). The summed E-state index contributed by atoms with van der Waals surface area (Å²) in [4.78, 5) is 2.46. The third-order valence-electron chi connectivity index (χ3n) is 11.9. The van der Waals surface area contributed by atoms with Crippen molar-refractivity contribution in [3.05, 3.63) is 205 Å². The molecule has 9 aromatic rings. The number of furan rings is 1. The highest BCUT2D eigenvalue weighted by Crippen LogP contribution is 2.55. The van der Waals surface area contributed by atoms with E-state index < -0.39 is 0 Å². The quantitative estimate of drug-likeness (QED) is 0.186. The van der Waals surface area contributed by atoms with Crippen LogP contribution in [0.1, 0.15) is 18.9 Å². The van der Waals surface area contributed by atoms with E-state index in [0.29, 0.717) is 0 Å². The third-order valence-corrected chi connectivity index (χ3v) is 11.9. The van der Waals surface area contributed by atoms with Gasteiger partial charge < -0.3 is 14.6 Å². The Morgan fingerprint density at radius 3 is 2.20 bits per heavy atom. The van der Waals surface area contributed by atoms with E-state index in [0.717, 1.165) is 56.4 Å². The summed E-state index contributed by atoms with van der Waals surface area (Å²) >= 11 is 0. The SMILES string of the molecule is CC12CC=CC=C1N(c1ccc(-c3ccccc3)cc1)c1ccc(-c3ccc(Nc4ccc5ccccc5c4)c(-c4cccc5c4oc4ccccc45)c3)cc12. The number of allylic oxidation sites excluding steroid dienone is 4. The highest BCUT2D eigenvalue weighted by molar-refractivity contribution is 6.11. The largest absolute Gasteiger partial charge is 0.455 e. The zero-order valence-electron chi connectivity index (χ0n) is 31.0. The van der Waals surface area contributed by atoms with Crippen LogP contribution in [0.15, 0.2) is 204 Å². The van der Waals surface area contributed by atoms with Gasteiger partial charge in [-0.05, 0) is 113 Å². The topological polar surface area (TPSA) is 28.4 Å². The van der Waals surface area contributed by atoms with Crippen LogP contribution in [0, 0.1) is 0 Å². The van der Waals surface area contributed by atoms with Crippen molar-refractivity contribution in [3.63, 3.8) is 0 Å². The fraction of sp³-hybridized carbons (Fsp3) is 0.0566. The van der Waals surface area contributed by atoms with E-state index in [-0.39, 0.29) is 5.41 Å². The second kappa shape index (κ2) is 12.8. The number of rotatable bonds is 6. The molecule has 1 unspecified atom stereocenters. The van der Waals surface area contributed by atoms with Crippen LogP contribution < -0.4 is 10.2 Å². The number of anilines is 4. The van der Waals surface area contributed by atoms with Crippen molar-refractivity contribution in [1.29, 1.82) is 0 Å². The smallest absolute Gasteiger partial charge is 0.143 e. The molecule has 0 spiro atoms. The molecule has 1 aromatic heterocycles. The van der Waals surface area contributed by atoms with Gasteiger partial charge in [-0.15, -0.1) is 0 Å². The minimum Gasteiger partial charge on any atom is -0.455 e. The van der Waals surface area contributed by atoms with Crippen molar-refractivity contribution in [1.82, 2.24) is 0 Å². The maximum Gasteiger partial charge on any atom is 0.143 e. The number of hydrogen-bond donors (Lipinski definition) is 1. The fourth-order valence-electron chi connectivity index (χ4n) is 8.95. The van der Waals surface area contributed by atoms with Gasteiger partial charge in [0.15, 0.2) is 0 Å². The number of nitrogens with one attached hydrogen (secondary N) is 1. The molecule has 8 aromatic carbocycles. The molecule has 1 N–H and O–H groups in total. The van der Waals surface area contributed by atoms with Crippen molar-refractivity contribution in [3.8, 4) is 33.4 Å². The Labute approximate surface area is 326 Å². The molecule has 1 aliphatic heterocycles. The molecule has 2 aliphatic rings. The summed E-state index contributed by atoms with van der Waals surface area (Å²) in [6.45, 7) is 2.40. The molecule has 266 valence electrons. The molecule has 0 radical (unpaired) electrons. The number of hydrogen-bond acceptors (Lipinski definition) is 3. The molecule has 0 amide bonds. The number of para-hydroxylation sites is 2. The van der Waals surface area contributed by atoms with E-state index in [1.165, 1.54) is 50.1 Å². The van der Waals surface area contributed by atoms with Gasteiger partial charge in [-0.2, -0.15) is 0 Å². The van der Waals surface area contributed by atoms with Crippen molar-refractivity contribution in [2.24, 2.45) is 0 Å². The molecule has 0 bridgehead atoms. The molecule has 0 fully saturated rings. The summed E-state index contributed by atoms with van der Waals surface area (Å²) in [6, 6.07) is 63.3. The van der Waals surface area contributed by atoms with Gasteiger partial charge in [0.2, 0.25) is 0 Å². The van der Waals surface area contributed by atoms with E-state index in [1.54, 1.807) is 0 Å². The summed E-state index contributed by atoms with van der Waals surface area (Å²) < 4.78 is 6.62. The molecular weight excluding hydrogens is 681 g/mol. The van der Waals surface area contributed by atoms with Crippen LogP contribution in [0.3, 0.4) is 0 Å². The fourth-order valence-corrected chi connectivity index (χ4v) is 8.95. The predicted octanol–water partition coefficient (Wildman–Crippen LogP) is 14.7. The lowest BCUT2D eigenvalue weighted by atomic mass is 9.76. The van der Waals surface area contributed by atoms with Crippen molar-refractivity contribution < 1.29 is 4.42 Å².